The van der Waals surface area contributed by atoms with Crippen molar-refractivity contribution in [3.8, 4) is 28.4 Å². The van der Waals surface area contributed by atoms with Gasteiger partial charge in [-0.3, -0.25) is 19.6 Å². The van der Waals surface area contributed by atoms with Gasteiger partial charge in [0.1, 0.15) is 16.7 Å². The number of carboxylic acid groups (broad SMARTS) is 1. The predicted octanol–water partition coefficient (Wildman–Crippen LogP) is 5.99. The molecule has 0 unspecified atom stereocenters. The largest absolute Gasteiger partial charge is 0.493 e. The fraction of sp³-hybridized carbons (Fsp3) is 0.278. The summed E-state index contributed by atoms with van der Waals surface area (Å²) in [7, 11) is 1.45. The number of thiocarbonyl (C=S) groups is 1. The van der Waals surface area contributed by atoms with E-state index in [2.05, 4.69) is 16.0 Å². The Balaban J connectivity index is 1.15. The first kappa shape index (κ1) is 33.4. The molecule has 2 fully saturated rings. The van der Waals surface area contributed by atoms with Crippen LogP contribution in [-0.4, -0.2) is 95.8 Å². The number of rotatable bonds is 13. The van der Waals surface area contributed by atoms with Crippen molar-refractivity contribution in [2.24, 2.45) is 0 Å². The molecular formula is C36H35N3O7S2. The lowest BCUT2D eigenvalue weighted by atomic mass is 10.0. The van der Waals surface area contributed by atoms with E-state index >= 15 is 0 Å². The molecule has 4 aromatic rings. The number of ether oxygens (including phenoxy) is 4. The summed E-state index contributed by atoms with van der Waals surface area (Å²) in [6.07, 6.45) is 4.23. The number of carboxylic acids is 1. The van der Waals surface area contributed by atoms with Crippen molar-refractivity contribution < 1.29 is 33.6 Å². The van der Waals surface area contributed by atoms with Crippen molar-refractivity contribution in [1.82, 2.24) is 14.8 Å². The molecule has 1 aromatic heterocycles. The smallest absolute Gasteiger partial charge is 0.335 e. The minimum atomic E-state index is -1.05. The second-order valence-corrected chi connectivity index (χ2v) is 12.9. The lowest BCUT2D eigenvalue weighted by Crippen LogP contribution is -2.38. The number of benzene rings is 3. The highest BCUT2D eigenvalue weighted by atomic mass is 32.2. The Bertz CT molecular complexity index is 1860. The molecule has 0 radical (unpaired) electrons. The van der Waals surface area contributed by atoms with E-state index in [4.69, 9.17) is 31.2 Å². The Morgan fingerprint density at radius 2 is 1.79 bits per heavy atom. The average molecular weight is 686 g/mol. The van der Waals surface area contributed by atoms with Crippen LogP contribution in [0.4, 0.5) is 0 Å². The molecule has 0 aliphatic carbocycles. The minimum Gasteiger partial charge on any atom is -0.493 e. The van der Waals surface area contributed by atoms with Crippen LogP contribution < -0.4 is 14.2 Å². The third kappa shape index (κ3) is 7.96. The van der Waals surface area contributed by atoms with Crippen molar-refractivity contribution in [2.45, 2.75) is 6.42 Å². The van der Waals surface area contributed by atoms with E-state index in [9.17, 15) is 14.7 Å². The van der Waals surface area contributed by atoms with Crippen LogP contribution in [-0.2, 0) is 9.53 Å². The zero-order valence-electron chi connectivity index (χ0n) is 26.4. The number of aromatic carboxylic acids is 1. The Hall–Kier alpha value is -4.49. The van der Waals surface area contributed by atoms with Crippen molar-refractivity contribution >= 4 is 57.2 Å². The molecule has 0 spiro atoms. The molecule has 10 nitrogen and oxygen atoms in total. The van der Waals surface area contributed by atoms with E-state index in [1.54, 1.807) is 11.0 Å². The molecule has 12 heteroatoms. The minimum absolute atomic E-state index is 0.107. The van der Waals surface area contributed by atoms with E-state index in [0.29, 0.717) is 40.3 Å². The van der Waals surface area contributed by atoms with Crippen LogP contribution in [0.5, 0.6) is 17.2 Å². The van der Waals surface area contributed by atoms with Gasteiger partial charge in [-0.25, -0.2) is 4.79 Å². The molecule has 1 N–H and O–H groups in total. The number of para-hydroxylation sites is 1. The SMILES string of the molecule is COc1cc(C(=O)O)ccc1OCCCN1C(=O)/C(=C/c2ccc(OCCN3CCOCC3)c(-c3cnc4ccccc4c3)c2)SC1=S. The first-order valence-electron chi connectivity index (χ1n) is 15.6. The molecule has 3 heterocycles. The summed E-state index contributed by atoms with van der Waals surface area (Å²) in [6.45, 7) is 5.27. The van der Waals surface area contributed by atoms with Crippen LogP contribution in [0, 0.1) is 0 Å². The number of hydrogen-bond donors (Lipinski definition) is 1. The fourth-order valence-corrected chi connectivity index (χ4v) is 6.79. The molecule has 6 rings (SSSR count). The summed E-state index contributed by atoms with van der Waals surface area (Å²) in [5, 5.41) is 10.2. The zero-order valence-corrected chi connectivity index (χ0v) is 28.1. The van der Waals surface area contributed by atoms with Gasteiger partial charge in [0.05, 0.1) is 42.9 Å². The maximum Gasteiger partial charge on any atom is 0.335 e. The Morgan fingerprint density at radius 3 is 2.60 bits per heavy atom. The summed E-state index contributed by atoms with van der Waals surface area (Å²) < 4.78 is 23.4. The number of pyridine rings is 1. The fourth-order valence-electron chi connectivity index (χ4n) is 5.49. The number of hydrogen-bond acceptors (Lipinski definition) is 10. The van der Waals surface area contributed by atoms with Gasteiger partial charge in [0.15, 0.2) is 11.5 Å². The summed E-state index contributed by atoms with van der Waals surface area (Å²) in [5.41, 5.74) is 3.68. The van der Waals surface area contributed by atoms with Crippen LogP contribution in [0.25, 0.3) is 28.1 Å². The van der Waals surface area contributed by atoms with Gasteiger partial charge in [-0.15, -0.1) is 0 Å². The van der Waals surface area contributed by atoms with Gasteiger partial charge in [0.25, 0.3) is 5.91 Å². The number of aromatic nitrogens is 1. The topological polar surface area (TPSA) is 111 Å². The van der Waals surface area contributed by atoms with E-state index in [1.165, 1.54) is 31.0 Å². The van der Waals surface area contributed by atoms with Crippen LogP contribution in [0.2, 0.25) is 0 Å². The lowest BCUT2D eigenvalue weighted by molar-refractivity contribution is -0.122. The average Bonchev–Trinajstić information content (AvgIpc) is 3.37. The van der Waals surface area contributed by atoms with Gasteiger partial charge in [0, 0.05) is 48.9 Å². The Labute approximate surface area is 288 Å². The maximum atomic E-state index is 13.4. The molecule has 3 aromatic carbocycles. The van der Waals surface area contributed by atoms with Crippen LogP contribution >= 0.6 is 24.0 Å². The van der Waals surface area contributed by atoms with Gasteiger partial charge in [-0.2, -0.15) is 0 Å². The third-order valence-corrected chi connectivity index (χ3v) is 9.42. The number of morpholine rings is 1. The van der Waals surface area contributed by atoms with Gasteiger partial charge in [0.2, 0.25) is 0 Å². The maximum absolute atomic E-state index is 13.4. The van der Waals surface area contributed by atoms with Gasteiger partial charge in [-0.1, -0.05) is 48.2 Å². The Morgan fingerprint density at radius 1 is 1.00 bits per heavy atom. The molecule has 248 valence electrons. The normalized spacial score (nSPS) is 16.1. The van der Waals surface area contributed by atoms with Crippen molar-refractivity contribution in [1.29, 1.82) is 0 Å². The number of carbonyl (C=O) groups is 2. The number of nitrogens with zero attached hydrogens (tertiary/aromatic N) is 3. The van der Waals surface area contributed by atoms with E-state index < -0.39 is 5.97 Å². The molecule has 2 aliphatic rings. The number of amides is 1. The van der Waals surface area contributed by atoms with Crippen LogP contribution in [0.15, 0.2) is 77.8 Å². The van der Waals surface area contributed by atoms with Gasteiger partial charge in [-0.05, 0) is 60.5 Å². The third-order valence-electron chi connectivity index (χ3n) is 8.04. The number of thioether (sulfide) groups is 1. The molecule has 2 saturated heterocycles. The Kier molecular flexibility index (Phi) is 10.9. The van der Waals surface area contributed by atoms with Crippen molar-refractivity contribution in [2.75, 3.05) is 59.7 Å². The molecule has 48 heavy (non-hydrogen) atoms. The van der Waals surface area contributed by atoms with E-state index in [1.807, 2.05) is 54.7 Å². The van der Waals surface area contributed by atoms with E-state index in [0.717, 1.165) is 66.2 Å². The first-order chi connectivity index (χ1) is 23.4. The monoisotopic (exact) mass is 685 g/mol. The first-order valence-corrected chi connectivity index (χ1v) is 16.8. The van der Waals surface area contributed by atoms with Crippen molar-refractivity contribution in [3.05, 3.63) is 89.0 Å². The van der Waals surface area contributed by atoms with Crippen molar-refractivity contribution in [3.63, 3.8) is 0 Å². The highest BCUT2D eigenvalue weighted by Crippen LogP contribution is 2.36. The van der Waals surface area contributed by atoms with E-state index in [-0.39, 0.29) is 18.1 Å². The summed E-state index contributed by atoms with van der Waals surface area (Å²) in [4.78, 5) is 33.8. The van der Waals surface area contributed by atoms with Gasteiger partial charge >= 0.3 is 5.97 Å². The number of carbonyl (C=O) groups excluding carboxylic acids is 1. The highest BCUT2D eigenvalue weighted by molar-refractivity contribution is 8.26. The molecule has 2 aliphatic heterocycles. The second-order valence-electron chi connectivity index (χ2n) is 11.2. The molecule has 1 amide bonds. The van der Waals surface area contributed by atoms with Crippen LogP contribution in [0.3, 0.4) is 0 Å². The van der Waals surface area contributed by atoms with Gasteiger partial charge < -0.3 is 24.1 Å². The number of fused-ring (bicyclic) bond motifs is 1. The quantitative estimate of drug-likeness (QED) is 0.102. The number of methoxy groups -OCH3 is 1. The highest BCUT2D eigenvalue weighted by Gasteiger charge is 2.31. The summed E-state index contributed by atoms with van der Waals surface area (Å²) in [5.74, 6) is 0.301. The molecule has 0 bridgehead atoms. The predicted molar refractivity (Wildman–Crippen MR) is 190 cm³/mol. The van der Waals surface area contributed by atoms with Crippen LogP contribution in [0.1, 0.15) is 22.3 Å². The summed E-state index contributed by atoms with van der Waals surface area (Å²) >= 11 is 6.84. The standard InChI is InChI=1S/C36H35N3O7S2/c1-43-32-22-26(35(41)42)8-10-31(32)45-15-4-11-39-34(40)33(48-36(39)47)20-24-7-9-30(46-18-14-38-12-16-44-17-13-38)28(19-24)27-21-25-5-2-3-6-29(25)37-23-27/h2-3,5-10,19-23H,4,11-18H2,1H3,(H,41,42)/b33-20-. The molecule has 0 atom stereocenters. The zero-order chi connectivity index (χ0) is 33.5. The summed E-state index contributed by atoms with van der Waals surface area (Å²) in [6, 6.07) is 20.5. The second kappa shape index (κ2) is 15.6. The molecular weight excluding hydrogens is 651 g/mol. The lowest BCUT2D eigenvalue weighted by Gasteiger charge is -2.26. The molecule has 0 saturated carbocycles.